The second-order valence-electron chi connectivity index (χ2n) is 6.20. The third-order valence-electron chi connectivity index (χ3n) is 4.64. The van der Waals surface area contributed by atoms with E-state index >= 15 is 0 Å². The Hall–Kier alpha value is -2.77. The number of carbonyl (C=O) groups excluding carboxylic acids is 1. The summed E-state index contributed by atoms with van der Waals surface area (Å²) >= 11 is 4.72. The summed E-state index contributed by atoms with van der Waals surface area (Å²) in [4.78, 5) is 33.1. The Morgan fingerprint density at radius 1 is 1.19 bits per heavy atom. The van der Waals surface area contributed by atoms with Crippen LogP contribution in [0.4, 0.5) is 5.69 Å². The largest absolute Gasteiger partial charge is 0.304 e. The molecule has 0 saturated heterocycles. The molecule has 0 radical (unpaired) electrons. The van der Waals surface area contributed by atoms with Gasteiger partial charge in [-0.25, -0.2) is 9.38 Å². The van der Waals surface area contributed by atoms with Gasteiger partial charge in [0.05, 0.1) is 22.3 Å². The van der Waals surface area contributed by atoms with E-state index in [-0.39, 0.29) is 11.5 Å². The highest BCUT2D eigenvalue weighted by atomic mass is 79.9. The van der Waals surface area contributed by atoms with Crippen molar-refractivity contribution >= 4 is 60.4 Å². The van der Waals surface area contributed by atoms with Gasteiger partial charge in [0.2, 0.25) is 0 Å². The van der Waals surface area contributed by atoms with E-state index in [9.17, 15) is 9.59 Å². The molecule has 0 fully saturated rings. The molecule has 132 valence electrons. The quantitative estimate of drug-likeness (QED) is 0.452. The Bertz CT molecular complexity index is 1390. The van der Waals surface area contributed by atoms with Crippen molar-refractivity contribution in [3.05, 3.63) is 80.0 Å². The van der Waals surface area contributed by atoms with E-state index in [2.05, 4.69) is 27.5 Å². The van der Waals surface area contributed by atoms with Crippen LogP contribution in [0.5, 0.6) is 0 Å². The molecule has 4 aromatic rings. The molecule has 0 bridgehead atoms. The fourth-order valence-electron chi connectivity index (χ4n) is 3.50. The molecule has 0 atom stereocenters. The van der Waals surface area contributed by atoms with Crippen LogP contribution in [0.3, 0.4) is 0 Å². The van der Waals surface area contributed by atoms with Gasteiger partial charge in [-0.3, -0.25) is 9.59 Å². The summed E-state index contributed by atoms with van der Waals surface area (Å²) < 4.78 is 2.86. The molecule has 5 rings (SSSR count). The molecule has 1 amide bonds. The van der Waals surface area contributed by atoms with Crippen LogP contribution < -0.4 is 15.0 Å². The number of nitrogens with zero attached hydrogens (tertiary/aromatic N) is 3. The van der Waals surface area contributed by atoms with Gasteiger partial charge in [0.15, 0.2) is 4.96 Å². The third-order valence-corrected chi connectivity index (χ3v) is 6.17. The van der Waals surface area contributed by atoms with Gasteiger partial charge in [0.25, 0.3) is 11.5 Å². The van der Waals surface area contributed by atoms with Gasteiger partial charge in [0, 0.05) is 16.6 Å². The molecule has 2 aromatic carbocycles. The maximum atomic E-state index is 13.2. The van der Waals surface area contributed by atoms with Crippen LogP contribution in [-0.2, 0) is 4.79 Å². The van der Waals surface area contributed by atoms with E-state index in [0.717, 1.165) is 26.8 Å². The van der Waals surface area contributed by atoms with Gasteiger partial charge in [-0.15, -0.1) is 6.58 Å². The van der Waals surface area contributed by atoms with Gasteiger partial charge < -0.3 is 4.90 Å². The van der Waals surface area contributed by atoms with Gasteiger partial charge in [-0.1, -0.05) is 45.5 Å². The molecule has 0 spiro atoms. The van der Waals surface area contributed by atoms with Crippen LogP contribution in [0, 0.1) is 0 Å². The minimum absolute atomic E-state index is 0.186. The van der Waals surface area contributed by atoms with Crippen LogP contribution in [0.2, 0.25) is 0 Å². The van der Waals surface area contributed by atoms with Crippen molar-refractivity contribution in [1.29, 1.82) is 0 Å². The van der Waals surface area contributed by atoms with Crippen molar-refractivity contribution < 1.29 is 4.79 Å². The van der Waals surface area contributed by atoms with Crippen LogP contribution in [0.15, 0.2) is 64.4 Å². The number of para-hydroxylation sites is 2. The Labute approximate surface area is 166 Å². The Morgan fingerprint density at radius 2 is 2.00 bits per heavy atom. The number of benzene rings is 2. The molecule has 0 unspecified atom stereocenters. The summed E-state index contributed by atoms with van der Waals surface area (Å²) in [6, 6.07) is 13.2. The van der Waals surface area contributed by atoms with Crippen LogP contribution in [0.25, 0.3) is 21.6 Å². The number of amides is 1. The third kappa shape index (κ3) is 2.25. The number of carbonyl (C=O) groups is 1. The lowest BCUT2D eigenvalue weighted by molar-refractivity contribution is -0.112. The molecule has 5 nitrogen and oxygen atoms in total. The summed E-state index contributed by atoms with van der Waals surface area (Å²) in [6.45, 7) is 4.12. The van der Waals surface area contributed by atoms with E-state index in [0.29, 0.717) is 21.6 Å². The van der Waals surface area contributed by atoms with E-state index in [1.165, 1.54) is 11.3 Å². The SMILES string of the molecule is C=CCN1C(=O)/C(=c2\sc3nc4ccccc4n3c2=O)c2cc(Br)ccc21. The summed E-state index contributed by atoms with van der Waals surface area (Å²) in [7, 11) is 0. The van der Waals surface area contributed by atoms with Gasteiger partial charge in [-0.2, -0.15) is 0 Å². The van der Waals surface area contributed by atoms with Crippen molar-refractivity contribution in [1.82, 2.24) is 9.38 Å². The molecule has 0 N–H and O–H groups in total. The second kappa shape index (κ2) is 5.87. The van der Waals surface area contributed by atoms with E-state index in [1.54, 1.807) is 15.4 Å². The highest BCUT2D eigenvalue weighted by Gasteiger charge is 2.34. The Balaban J connectivity index is 1.91. The number of imidazole rings is 1. The van der Waals surface area contributed by atoms with Gasteiger partial charge in [-0.05, 0) is 30.3 Å². The zero-order valence-electron chi connectivity index (χ0n) is 14.0. The Kier molecular flexibility index (Phi) is 3.57. The molecule has 0 aliphatic carbocycles. The first-order valence-corrected chi connectivity index (χ1v) is 9.88. The smallest absolute Gasteiger partial charge is 0.275 e. The molecule has 2 aromatic heterocycles. The highest BCUT2D eigenvalue weighted by molar-refractivity contribution is 9.10. The lowest BCUT2D eigenvalue weighted by atomic mass is 10.1. The van der Waals surface area contributed by atoms with Gasteiger partial charge in [0.1, 0.15) is 4.53 Å². The minimum Gasteiger partial charge on any atom is -0.304 e. The summed E-state index contributed by atoms with van der Waals surface area (Å²) in [5.41, 5.74) is 3.28. The number of halogens is 1. The highest BCUT2D eigenvalue weighted by Crippen LogP contribution is 2.37. The predicted molar refractivity (Wildman–Crippen MR) is 111 cm³/mol. The average Bonchev–Trinajstić information content (AvgIpc) is 3.25. The minimum atomic E-state index is -0.210. The number of rotatable bonds is 2. The molecule has 1 aliphatic heterocycles. The van der Waals surface area contributed by atoms with Crippen molar-refractivity contribution in [2.24, 2.45) is 0 Å². The average molecular weight is 438 g/mol. The van der Waals surface area contributed by atoms with E-state index in [1.807, 2.05) is 42.5 Å². The number of fused-ring (bicyclic) bond motifs is 4. The summed E-state index contributed by atoms with van der Waals surface area (Å²) in [6.07, 6.45) is 1.68. The van der Waals surface area contributed by atoms with Crippen LogP contribution in [0.1, 0.15) is 5.56 Å². The number of thiazole rings is 1. The normalized spacial score (nSPS) is 15.7. The first kappa shape index (κ1) is 16.4. The number of hydrogen-bond acceptors (Lipinski definition) is 4. The monoisotopic (exact) mass is 437 g/mol. The number of aromatic nitrogens is 2. The second-order valence-corrected chi connectivity index (χ2v) is 8.09. The van der Waals surface area contributed by atoms with Crippen LogP contribution in [-0.4, -0.2) is 21.8 Å². The van der Waals surface area contributed by atoms with E-state index in [4.69, 9.17) is 0 Å². The molecular weight excluding hydrogens is 426 g/mol. The molecule has 7 heteroatoms. The summed E-state index contributed by atoms with van der Waals surface area (Å²) in [5, 5.41) is 0. The molecule has 0 saturated carbocycles. The van der Waals surface area contributed by atoms with Crippen molar-refractivity contribution in [2.75, 3.05) is 11.4 Å². The maximum Gasteiger partial charge on any atom is 0.275 e. The first-order valence-electron chi connectivity index (χ1n) is 8.27. The fraction of sp³-hybridized carbons (Fsp3) is 0.0500. The summed E-state index contributed by atoms with van der Waals surface area (Å²) in [5.74, 6) is -0.186. The van der Waals surface area contributed by atoms with Crippen molar-refractivity contribution in [2.45, 2.75) is 0 Å². The number of anilines is 1. The number of hydrogen-bond donors (Lipinski definition) is 0. The lowest BCUT2D eigenvalue weighted by Gasteiger charge is -2.14. The Morgan fingerprint density at radius 3 is 2.81 bits per heavy atom. The maximum absolute atomic E-state index is 13.2. The molecule has 1 aliphatic rings. The standard InChI is InChI=1S/C20H12BrN3O2S/c1-2-9-23-14-8-7-11(21)10-12(14)16(18(23)25)17-19(26)24-15-6-4-3-5-13(15)22-20(24)27-17/h2-8,10H,1,9H2/b17-16-. The first-order chi connectivity index (χ1) is 13.1. The van der Waals surface area contributed by atoms with Gasteiger partial charge >= 0.3 is 0 Å². The predicted octanol–water partition coefficient (Wildman–Crippen LogP) is 3.12. The molecular formula is C20H12BrN3O2S. The van der Waals surface area contributed by atoms with Crippen molar-refractivity contribution in [3.63, 3.8) is 0 Å². The lowest BCUT2D eigenvalue weighted by Crippen LogP contribution is -2.32. The molecule has 3 heterocycles. The fourth-order valence-corrected chi connectivity index (χ4v) is 4.93. The topological polar surface area (TPSA) is 54.7 Å². The zero-order chi connectivity index (χ0) is 18.7. The van der Waals surface area contributed by atoms with E-state index < -0.39 is 0 Å². The molecule has 27 heavy (non-hydrogen) atoms. The van der Waals surface area contributed by atoms with Crippen LogP contribution >= 0.6 is 27.3 Å². The van der Waals surface area contributed by atoms with Crippen molar-refractivity contribution in [3.8, 4) is 0 Å². The zero-order valence-corrected chi connectivity index (χ0v) is 16.4.